The minimum absolute atomic E-state index is 0.0984. The van der Waals surface area contributed by atoms with Gasteiger partial charge in [0.2, 0.25) is 6.10 Å². The summed E-state index contributed by atoms with van der Waals surface area (Å²) in [5.74, 6) is -0.120. The normalized spacial score (nSPS) is 11.3. The molecular formula is C17H13Cl2NO4S. The van der Waals surface area contributed by atoms with Gasteiger partial charge in [0.1, 0.15) is 24.0 Å². The monoisotopic (exact) mass is 397 g/mol. The van der Waals surface area contributed by atoms with E-state index in [9.17, 15) is 4.79 Å². The van der Waals surface area contributed by atoms with Gasteiger partial charge in [0.05, 0.1) is 21.7 Å². The summed E-state index contributed by atoms with van der Waals surface area (Å²) in [7, 11) is 0. The largest absolute Gasteiger partial charge is 0.488 e. The van der Waals surface area contributed by atoms with Crippen molar-refractivity contribution in [3.05, 3.63) is 58.1 Å². The number of benzene rings is 2. The lowest BCUT2D eigenvalue weighted by Gasteiger charge is -2.19. The van der Waals surface area contributed by atoms with Gasteiger partial charge in [-0.2, -0.15) is 5.26 Å². The first-order valence-electron chi connectivity index (χ1n) is 7.06. The lowest BCUT2D eigenvalue weighted by Crippen LogP contribution is -2.35. The van der Waals surface area contributed by atoms with Crippen molar-refractivity contribution in [2.24, 2.45) is 0 Å². The first kappa shape index (κ1) is 19.3. The molecule has 0 aliphatic rings. The molecule has 2 aromatic rings. The zero-order chi connectivity index (χ0) is 18.2. The highest BCUT2D eigenvalue weighted by Crippen LogP contribution is 2.27. The number of halogens is 2. The van der Waals surface area contributed by atoms with Crippen LogP contribution in [0, 0.1) is 11.3 Å². The molecule has 0 aromatic heterocycles. The van der Waals surface area contributed by atoms with Crippen molar-refractivity contribution in [1.82, 2.24) is 0 Å². The summed E-state index contributed by atoms with van der Waals surface area (Å²) < 4.78 is 16.0. The number of ether oxygens (including phenoxy) is 3. The highest BCUT2D eigenvalue weighted by molar-refractivity contribution is 7.80. The third-order valence-corrected chi connectivity index (χ3v) is 3.76. The first-order valence-corrected chi connectivity index (χ1v) is 8.45. The van der Waals surface area contributed by atoms with Crippen LogP contribution in [0.2, 0.25) is 10.0 Å². The average molecular weight is 398 g/mol. The van der Waals surface area contributed by atoms with E-state index in [2.05, 4.69) is 12.6 Å². The summed E-state index contributed by atoms with van der Waals surface area (Å²) in [5, 5.41) is 9.44. The second-order valence-electron chi connectivity index (χ2n) is 4.70. The van der Waals surface area contributed by atoms with Gasteiger partial charge in [-0.25, -0.2) is 4.79 Å². The van der Waals surface area contributed by atoms with Crippen LogP contribution < -0.4 is 9.47 Å². The molecule has 0 heterocycles. The fraction of sp³-hybridized carbons (Fsp3) is 0.176. The zero-order valence-electron chi connectivity index (χ0n) is 12.8. The van der Waals surface area contributed by atoms with Gasteiger partial charge in [-0.1, -0.05) is 35.3 Å². The van der Waals surface area contributed by atoms with Crippen molar-refractivity contribution < 1.29 is 19.0 Å². The summed E-state index contributed by atoms with van der Waals surface area (Å²) in [6.45, 7) is -0.163. The Bertz CT molecular complexity index is 794. The smallest absolute Gasteiger partial charge is 0.351 e. The van der Waals surface area contributed by atoms with Gasteiger partial charge in [-0.15, -0.1) is 12.6 Å². The average Bonchev–Trinajstić information content (AvgIpc) is 2.61. The van der Waals surface area contributed by atoms with Crippen LogP contribution in [0.25, 0.3) is 0 Å². The molecule has 2 aromatic carbocycles. The Kier molecular flexibility index (Phi) is 7.26. The number of carbonyl (C=O) groups excluding carboxylic acids is 1. The molecule has 0 spiro atoms. The number of hydrogen-bond acceptors (Lipinski definition) is 6. The molecule has 0 amide bonds. The molecule has 8 heteroatoms. The number of carbonyl (C=O) groups is 1. The summed E-state index contributed by atoms with van der Waals surface area (Å²) in [5.41, 5.74) is 0.399. The molecule has 0 saturated carbocycles. The second kappa shape index (κ2) is 9.42. The van der Waals surface area contributed by atoms with Crippen molar-refractivity contribution in [1.29, 1.82) is 5.26 Å². The highest BCUT2D eigenvalue weighted by atomic mass is 35.5. The number of thiol groups is 1. The number of rotatable bonds is 7. The van der Waals surface area contributed by atoms with Crippen LogP contribution in [-0.4, -0.2) is 24.6 Å². The molecule has 25 heavy (non-hydrogen) atoms. The summed E-state index contributed by atoms with van der Waals surface area (Å²) in [4.78, 5) is 12.1. The van der Waals surface area contributed by atoms with E-state index < -0.39 is 12.1 Å². The molecule has 5 nitrogen and oxygen atoms in total. The third-order valence-electron chi connectivity index (χ3n) is 3.03. The number of esters is 1. The van der Waals surface area contributed by atoms with E-state index in [1.54, 1.807) is 30.3 Å². The molecule has 0 aliphatic heterocycles. The summed E-state index contributed by atoms with van der Waals surface area (Å²) in [6.07, 6.45) is -1.07. The summed E-state index contributed by atoms with van der Waals surface area (Å²) in [6, 6.07) is 13.2. The maximum atomic E-state index is 12.1. The van der Waals surface area contributed by atoms with Gasteiger partial charge in [-0.3, -0.25) is 0 Å². The Morgan fingerprint density at radius 3 is 2.56 bits per heavy atom. The molecule has 1 atom stereocenters. The van der Waals surface area contributed by atoms with Crippen LogP contribution >= 0.6 is 35.8 Å². The fourth-order valence-corrected chi connectivity index (χ4v) is 2.40. The molecule has 0 fully saturated rings. The summed E-state index contributed by atoms with van der Waals surface area (Å²) >= 11 is 16.0. The van der Waals surface area contributed by atoms with Crippen molar-refractivity contribution in [3.8, 4) is 17.6 Å². The van der Waals surface area contributed by atoms with E-state index in [0.717, 1.165) is 0 Å². The molecule has 0 N–H and O–H groups in total. The molecule has 0 radical (unpaired) electrons. The Balaban J connectivity index is 2.12. The van der Waals surface area contributed by atoms with E-state index in [0.29, 0.717) is 22.1 Å². The molecule has 0 saturated heterocycles. The number of nitriles is 1. The third kappa shape index (κ3) is 5.46. The van der Waals surface area contributed by atoms with Gasteiger partial charge in [-0.05, 0) is 30.3 Å². The highest BCUT2D eigenvalue weighted by Gasteiger charge is 2.24. The predicted octanol–water partition coefficient (Wildman–Crippen LogP) is 4.12. The lowest BCUT2D eigenvalue weighted by atomic mass is 10.2. The minimum Gasteiger partial charge on any atom is -0.488 e. The van der Waals surface area contributed by atoms with Gasteiger partial charge in [0.25, 0.3) is 0 Å². The number of para-hydroxylation sites is 1. The minimum atomic E-state index is -1.07. The van der Waals surface area contributed by atoms with Crippen LogP contribution in [0.4, 0.5) is 0 Å². The SMILES string of the molecule is N#Cc1ccc(OCC(Oc2ccccc2Cl)C(=O)OCS)c(Cl)c1. The maximum absolute atomic E-state index is 12.1. The van der Waals surface area contributed by atoms with Crippen molar-refractivity contribution >= 4 is 41.8 Å². The number of hydrogen-bond donors (Lipinski definition) is 1. The van der Waals surface area contributed by atoms with E-state index in [-0.39, 0.29) is 17.6 Å². The Labute approximate surface area is 160 Å². The molecule has 1 unspecified atom stereocenters. The predicted molar refractivity (Wildman–Crippen MR) is 97.5 cm³/mol. The molecule has 130 valence electrons. The van der Waals surface area contributed by atoms with Crippen molar-refractivity contribution in [2.75, 3.05) is 12.5 Å². The Hall–Kier alpha value is -2.07. The Morgan fingerprint density at radius 2 is 1.92 bits per heavy atom. The molecule has 0 bridgehead atoms. The van der Waals surface area contributed by atoms with Gasteiger partial charge >= 0.3 is 5.97 Å². The van der Waals surface area contributed by atoms with Crippen LogP contribution in [0.15, 0.2) is 42.5 Å². The van der Waals surface area contributed by atoms with Gasteiger partial charge in [0.15, 0.2) is 0 Å². The maximum Gasteiger partial charge on any atom is 0.351 e. The van der Waals surface area contributed by atoms with E-state index in [4.69, 9.17) is 42.7 Å². The zero-order valence-corrected chi connectivity index (χ0v) is 15.2. The van der Waals surface area contributed by atoms with Crippen LogP contribution in [0.3, 0.4) is 0 Å². The van der Waals surface area contributed by atoms with Gasteiger partial charge in [0, 0.05) is 0 Å². The second-order valence-corrected chi connectivity index (χ2v) is 5.77. The lowest BCUT2D eigenvalue weighted by molar-refractivity contribution is -0.150. The van der Waals surface area contributed by atoms with Crippen molar-refractivity contribution in [2.45, 2.75) is 6.10 Å². The van der Waals surface area contributed by atoms with Crippen LogP contribution in [0.1, 0.15) is 5.56 Å². The van der Waals surface area contributed by atoms with Crippen LogP contribution in [0.5, 0.6) is 11.5 Å². The van der Waals surface area contributed by atoms with Crippen LogP contribution in [-0.2, 0) is 9.53 Å². The molecule has 2 rings (SSSR count). The first-order chi connectivity index (χ1) is 12.0. The number of nitrogens with zero attached hydrogens (tertiary/aromatic N) is 1. The molecule has 0 aliphatic carbocycles. The topological polar surface area (TPSA) is 68.5 Å². The standard InChI is InChI=1S/C17H13Cl2NO4S/c18-12-3-1-2-4-15(12)24-16(17(21)23-10-25)9-22-14-6-5-11(8-20)7-13(14)19/h1-7,16,25H,9-10H2. The van der Waals surface area contributed by atoms with Crippen molar-refractivity contribution in [3.63, 3.8) is 0 Å². The van der Waals surface area contributed by atoms with E-state index in [1.165, 1.54) is 12.1 Å². The van der Waals surface area contributed by atoms with E-state index >= 15 is 0 Å². The van der Waals surface area contributed by atoms with E-state index in [1.807, 2.05) is 6.07 Å². The van der Waals surface area contributed by atoms with Gasteiger partial charge < -0.3 is 14.2 Å². The molecular weight excluding hydrogens is 385 g/mol. The Morgan fingerprint density at radius 1 is 1.16 bits per heavy atom. The fourth-order valence-electron chi connectivity index (χ4n) is 1.85. The quantitative estimate of drug-likeness (QED) is 0.432.